The van der Waals surface area contributed by atoms with E-state index in [1.165, 1.54) is 114 Å². The van der Waals surface area contributed by atoms with Crippen LogP contribution < -0.4 is 10.3 Å². The number of ether oxygens (including phenoxy) is 1. The molecular weight excluding hydrogens is 717 g/mol. The van der Waals surface area contributed by atoms with Crippen molar-refractivity contribution in [1.29, 1.82) is 0 Å². The zero-order valence-corrected chi connectivity index (χ0v) is 35.1. The molecule has 0 fully saturated rings. The molecule has 7 heteroatoms. The van der Waals surface area contributed by atoms with Gasteiger partial charge in [0.05, 0.1) is 23.2 Å². The summed E-state index contributed by atoms with van der Waals surface area (Å²) < 4.78 is 14.3. The van der Waals surface area contributed by atoms with E-state index in [0.717, 1.165) is 73.0 Å². The van der Waals surface area contributed by atoms with E-state index in [4.69, 9.17) is 14.1 Å². The smallest absolute Gasteiger partial charge is 0.260 e. The molecule has 55 heavy (non-hydrogen) atoms. The van der Waals surface area contributed by atoms with Gasteiger partial charge in [0, 0.05) is 31.9 Å². The number of aryl methyl sites for hydroxylation is 1. The van der Waals surface area contributed by atoms with Gasteiger partial charge in [0.25, 0.3) is 5.56 Å². The Kier molecular flexibility index (Phi) is 16.5. The molecule has 0 aliphatic heterocycles. The highest BCUT2D eigenvalue weighted by Gasteiger charge is 2.17. The molecule has 1 aromatic carbocycles. The van der Waals surface area contributed by atoms with Gasteiger partial charge >= 0.3 is 0 Å². The molecule has 6 aromatic rings. The largest absolute Gasteiger partial charge is 0.492 e. The molecule has 0 atom stereocenters. The topological polar surface area (TPSA) is 57.3 Å². The van der Waals surface area contributed by atoms with Crippen LogP contribution in [0.25, 0.3) is 52.8 Å². The molecule has 0 saturated heterocycles. The van der Waals surface area contributed by atoms with Gasteiger partial charge < -0.3 is 9.15 Å². The van der Waals surface area contributed by atoms with Crippen LogP contribution in [0.1, 0.15) is 142 Å². The van der Waals surface area contributed by atoms with Gasteiger partial charge in [-0.15, -0.1) is 22.7 Å². The number of thiophene rings is 2. The van der Waals surface area contributed by atoms with Crippen molar-refractivity contribution >= 4 is 44.7 Å². The van der Waals surface area contributed by atoms with Crippen molar-refractivity contribution in [3.8, 4) is 36.6 Å². The monoisotopic (exact) mass is 778 g/mol. The molecule has 294 valence electrons. The molecule has 0 radical (unpaired) electrons. The third-order valence-corrected chi connectivity index (χ3v) is 13.2. The zero-order valence-electron chi connectivity index (χ0n) is 33.4. The number of rotatable bonds is 26. The summed E-state index contributed by atoms with van der Waals surface area (Å²) in [4.78, 5) is 23.5. The number of unbranched alkanes of at least 4 members (excludes halogenated alkanes) is 18. The number of aromatic nitrogens is 2. The maximum atomic E-state index is 14.3. The summed E-state index contributed by atoms with van der Waals surface area (Å²) in [5.74, 6) is 1.67. The lowest BCUT2D eigenvalue weighted by Gasteiger charge is -2.13. The van der Waals surface area contributed by atoms with Crippen LogP contribution in [0, 0.1) is 0 Å². The van der Waals surface area contributed by atoms with Crippen LogP contribution in [0.4, 0.5) is 0 Å². The van der Waals surface area contributed by atoms with Gasteiger partial charge in [-0.2, -0.15) is 0 Å². The van der Waals surface area contributed by atoms with Gasteiger partial charge in [-0.05, 0) is 61.4 Å². The number of benzene rings is 1. The fraction of sp³-hybridized carbons (Fsp3) is 0.500. The Labute approximate surface area is 337 Å². The van der Waals surface area contributed by atoms with Gasteiger partial charge in [0.1, 0.15) is 22.7 Å². The Bertz CT molecular complexity index is 2050. The Morgan fingerprint density at radius 3 is 1.82 bits per heavy atom. The van der Waals surface area contributed by atoms with Crippen LogP contribution in [0.5, 0.6) is 5.75 Å². The molecule has 5 heterocycles. The number of hydrogen-bond acceptors (Lipinski definition) is 6. The summed E-state index contributed by atoms with van der Waals surface area (Å²) in [6.45, 7) is 5.92. The van der Waals surface area contributed by atoms with Crippen LogP contribution in [0.2, 0.25) is 0 Å². The highest BCUT2D eigenvalue weighted by Crippen LogP contribution is 2.41. The van der Waals surface area contributed by atoms with E-state index in [2.05, 4.69) is 56.3 Å². The Hall–Kier alpha value is -3.68. The summed E-state index contributed by atoms with van der Waals surface area (Å²) in [6.07, 6.45) is 27.5. The lowest BCUT2D eigenvalue weighted by Crippen LogP contribution is -2.23. The van der Waals surface area contributed by atoms with Crippen molar-refractivity contribution < 1.29 is 9.15 Å². The maximum Gasteiger partial charge on any atom is 0.260 e. The predicted octanol–water partition coefficient (Wildman–Crippen LogP) is 15.5. The van der Waals surface area contributed by atoms with Gasteiger partial charge in [-0.1, -0.05) is 148 Å². The molecule has 0 saturated carbocycles. The van der Waals surface area contributed by atoms with Crippen LogP contribution in [-0.2, 0) is 6.54 Å². The number of furan rings is 1. The molecular formula is C48H62N2O3S2. The van der Waals surface area contributed by atoms with Crippen molar-refractivity contribution in [2.75, 3.05) is 6.61 Å². The van der Waals surface area contributed by atoms with Crippen molar-refractivity contribution in [1.82, 2.24) is 9.55 Å². The number of nitrogens with zero attached hydrogens (tertiary/aromatic N) is 2. The molecule has 0 aliphatic rings. The molecule has 5 aromatic heterocycles. The minimum atomic E-state index is 0.0394. The molecule has 0 amide bonds. The van der Waals surface area contributed by atoms with Crippen LogP contribution >= 0.6 is 22.7 Å². The summed E-state index contributed by atoms with van der Waals surface area (Å²) in [5.41, 5.74) is 2.43. The minimum absolute atomic E-state index is 0.0394. The second-order valence-electron chi connectivity index (χ2n) is 15.3. The first-order valence-electron chi connectivity index (χ1n) is 21.5. The number of pyridine rings is 2. The van der Waals surface area contributed by atoms with Gasteiger partial charge in [0.15, 0.2) is 0 Å². The highest BCUT2D eigenvalue weighted by atomic mass is 32.1. The predicted molar refractivity (Wildman–Crippen MR) is 237 cm³/mol. The normalized spacial score (nSPS) is 11.7. The van der Waals surface area contributed by atoms with E-state index in [0.29, 0.717) is 13.2 Å². The Morgan fingerprint density at radius 2 is 1.16 bits per heavy atom. The van der Waals surface area contributed by atoms with E-state index in [-0.39, 0.29) is 5.56 Å². The summed E-state index contributed by atoms with van der Waals surface area (Å²) in [6, 6.07) is 22.9. The lowest BCUT2D eigenvalue weighted by molar-refractivity contribution is 0.303. The fourth-order valence-corrected chi connectivity index (χ4v) is 9.63. The molecule has 0 aliphatic carbocycles. The summed E-state index contributed by atoms with van der Waals surface area (Å²) in [7, 11) is 0. The third-order valence-electron chi connectivity index (χ3n) is 10.8. The first-order chi connectivity index (χ1) is 27.1. The Morgan fingerprint density at radius 1 is 0.600 bits per heavy atom. The number of hydrogen-bond donors (Lipinski definition) is 0. The van der Waals surface area contributed by atoms with E-state index in [1.54, 1.807) is 22.7 Å². The highest BCUT2D eigenvalue weighted by molar-refractivity contribution is 7.25. The molecule has 6 rings (SSSR count). The quantitative estimate of drug-likeness (QED) is 0.0515. The third kappa shape index (κ3) is 11.9. The van der Waals surface area contributed by atoms with Crippen molar-refractivity contribution in [2.24, 2.45) is 0 Å². The lowest BCUT2D eigenvalue weighted by atomic mass is 10.1. The molecule has 0 N–H and O–H groups in total. The minimum Gasteiger partial charge on any atom is -0.492 e. The average molecular weight is 779 g/mol. The van der Waals surface area contributed by atoms with E-state index >= 15 is 0 Å². The fourth-order valence-electron chi connectivity index (χ4n) is 7.57. The summed E-state index contributed by atoms with van der Waals surface area (Å²) in [5, 5.41) is 2.07. The second kappa shape index (κ2) is 22.2. The zero-order chi connectivity index (χ0) is 38.1. The van der Waals surface area contributed by atoms with Crippen LogP contribution in [-0.4, -0.2) is 16.2 Å². The second-order valence-corrected chi connectivity index (χ2v) is 17.5. The molecule has 0 unspecified atom stereocenters. The van der Waals surface area contributed by atoms with E-state index < -0.39 is 0 Å². The first-order valence-corrected chi connectivity index (χ1v) is 23.1. The van der Waals surface area contributed by atoms with Crippen LogP contribution in [0.3, 0.4) is 0 Å². The molecule has 5 nitrogen and oxygen atoms in total. The van der Waals surface area contributed by atoms with Crippen molar-refractivity contribution in [3.05, 3.63) is 83.3 Å². The number of fused-ring (bicyclic) bond motifs is 2. The van der Waals surface area contributed by atoms with E-state index in [1.807, 2.05) is 35.0 Å². The van der Waals surface area contributed by atoms with Crippen LogP contribution in [0.15, 0.2) is 82.1 Å². The van der Waals surface area contributed by atoms with Crippen molar-refractivity contribution in [3.63, 3.8) is 0 Å². The average Bonchev–Trinajstić information content (AvgIpc) is 3.99. The number of para-hydroxylation sites is 1. The van der Waals surface area contributed by atoms with Gasteiger partial charge in [-0.25, -0.2) is 4.98 Å². The molecule has 0 bridgehead atoms. The van der Waals surface area contributed by atoms with E-state index in [9.17, 15) is 4.79 Å². The van der Waals surface area contributed by atoms with Gasteiger partial charge in [0.2, 0.25) is 0 Å². The molecule has 0 spiro atoms. The SMILES string of the molecule is CCCCCCCCCCCCOc1cnc2c(c1)cc(-c1ccc(-c3ccc(-c4cc5ccccc5o4)s3)s1)c(=O)n2CCCCCCCCCCCC. The Balaban J connectivity index is 1.12. The van der Waals surface area contributed by atoms with Crippen molar-refractivity contribution in [2.45, 2.75) is 149 Å². The summed E-state index contributed by atoms with van der Waals surface area (Å²) >= 11 is 3.40. The maximum absolute atomic E-state index is 14.3. The first kappa shape index (κ1) is 41.0. The standard InChI is InChI=1S/C48H62N2O3S2/c1-3-5-7-9-11-13-15-17-19-23-31-50-47-38(33-39(36-49-47)52-32-24-20-18-16-14-12-10-8-6-4-2)34-40(48(50)51)43-27-29-45(54-43)46-30-28-44(55-46)42-35-37-25-21-22-26-41(37)53-42/h21-22,25-30,33-36H,3-20,23-24,31-32H2,1-2H3. The van der Waals surface area contributed by atoms with Gasteiger partial charge in [-0.3, -0.25) is 9.36 Å².